The number of hydrogen-bond donors (Lipinski definition) is 1. The van der Waals surface area contributed by atoms with Gasteiger partial charge in [-0.15, -0.1) is 0 Å². The summed E-state index contributed by atoms with van der Waals surface area (Å²) in [6.45, 7) is 6.48. The van der Waals surface area contributed by atoms with E-state index >= 15 is 0 Å². The van der Waals surface area contributed by atoms with Crippen LogP contribution < -0.4 is 9.46 Å². The highest BCUT2D eigenvalue weighted by Gasteiger charge is 2.18. The van der Waals surface area contributed by atoms with Crippen molar-refractivity contribution in [3.05, 3.63) is 59.2 Å². The number of rotatable bonds is 7. The Balaban J connectivity index is 2.11. The van der Waals surface area contributed by atoms with Crippen LogP contribution >= 0.6 is 0 Å². The lowest BCUT2D eigenvalue weighted by molar-refractivity contribution is 0.337. The van der Waals surface area contributed by atoms with Crippen molar-refractivity contribution in [1.29, 1.82) is 0 Å². The zero-order valence-corrected chi connectivity index (χ0v) is 14.6. The van der Waals surface area contributed by atoms with E-state index in [-0.39, 0.29) is 0 Å². The molecule has 0 fully saturated rings. The molecule has 0 aliphatic heterocycles. The molecule has 1 N–H and O–H groups in total. The molecule has 2 rings (SSSR count). The van der Waals surface area contributed by atoms with Gasteiger partial charge in [-0.25, -0.2) is 13.1 Å². The Kier molecular flexibility index (Phi) is 5.80. The fourth-order valence-corrected chi connectivity index (χ4v) is 3.76. The average Bonchev–Trinajstić information content (AvgIpc) is 2.51. The molecule has 0 bridgehead atoms. The summed E-state index contributed by atoms with van der Waals surface area (Å²) in [5.74, 6) is 0.730. The predicted molar refractivity (Wildman–Crippen MR) is 92.4 cm³/mol. The van der Waals surface area contributed by atoms with Crippen molar-refractivity contribution < 1.29 is 13.2 Å². The van der Waals surface area contributed by atoms with Gasteiger partial charge in [0.25, 0.3) is 0 Å². The summed E-state index contributed by atoms with van der Waals surface area (Å²) >= 11 is 0. The third-order valence-electron chi connectivity index (χ3n) is 3.61. The lowest BCUT2D eigenvalue weighted by Gasteiger charge is -2.13. The van der Waals surface area contributed by atoms with Crippen molar-refractivity contribution in [3.63, 3.8) is 0 Å². The van der Waals surface area contributed by atoms with Crippen LogP contribution in [0.25, 0.3) is 0 Å². The lowest BCUT2D eigenvalue weighted by Crippen LogP contribution is -2.26. The molecule has 124 valence electrons. The molecule has 0 spiro atoms. The molecule has 2 aromatic carbocycles. The summed E-state index contributed by atoms with van der Waals surface area (Å²) in [4.78, 5) is 0.312. The van der Waals surface area contributed by atoms with Crippen molar-refractivity contribution in [3.8, 4) is 5.75 Å². The second-order valence-electron chi connectivity index (χ2n) is 5.45. The Morgan fingerprint density at radius 1 is 1.04 bits per heavy atom. The third-order valence-corrected chi connectivity index (χ3v) is 5.21. The van der Waals surface area contributed by atoms with E-state index in [2.05, 4.69) is 4.72 Å². The monoisotopic (exact) mass is 333 g/mol. The average molecular weight is 333 g/mol. The molecular weight excluding hydrogens is 310 g/mol. The topological polar surface area (TPSA) is 55.4 Å². The fourth-order valence-electron chi connectivity index (χ4n) is 2.42. The van der Waals surface area contributed by atoms with Crippen molar-refractivity contribution in [2.24, 2.45) is 0 Å². The standard InChI is InChI=1S/C18H23NO3S/c1-4-22-17-12-15(3)18(13-14(17)2)23(20,21)19-11-10-16-8-6-5-7-9-16/h5-9,12-13,19H,4,10-11H2,1-3H3. The van der Waals surface area contributed by atoms with Gasteiger partial charge in [0, 0.05) is 6.54 Å². The van der Waals surface area contributed by atoms with E-state index in [0.717, 1.165) is 16.9 Å². The van der Waals surface area contributed by atoms with Gasteiger partial charge in [-0.2, -0.15) is 0 Å². The van der Waals surface area contributed by atoms with Gasteiger partial charge in [0.2, 0.25) is 10.0 Å². The molecule has 0 aromatic heterocycles. The first-order valence-corrected chi connectivity index (χ1v) is 9.20. The number of sulfonamides is 1. The maximum atomic E-state index is 12.5. The largest absolute Gasteiger partial charge is 0.494 e. The first-order valence-electron chi connectivity index (χ1n) is 7.71. The third kappa shape index (κ3) is 4.56. The number of aryl methyl sites for hydroxylation is 2. The predicted octanol–water partition coefficient (Wildman–Crippen LogP) is 3.22. The quantitative estimate of drug-likeness (QED) is 0.846. The van der Waals surface area contributed by atoms with Crippen LogP contribution in [0.4, 0.5) is 0 Å². The SMILES string of the molecule is CCOc1cc(C)c(S(=O)(=O)NCCc2ccccc2)cc1C. The molecular formula is C18H23NO3S. The summed E-state index contributed by atoms with van der Waals surface area (Å²) in [7, 11) is -3.52. The first kappa shape index (κ1) is 17.5. The van der Waals surface area contributed by atoms with E-state index < -0.39 is 10.0 Å². The Hall–Kier alpha value is -1.85. The lowest BCUT2D eigenvalue weighted by atomic mass is 10.1. The minimum Gasteiger partial charge on any atom is -0.494 e. The van der Waals surface area contributed by atoms with E-state index in [1.54, 1.807) is 19.1 Å². The van der Waals surface area contributed by atoms with Gasteiger partial charge in [0.1, 0.15) is 5.75 Å². The van der Waals surface area contributed by atoms with E-state index in [1.807, 2.05) is 44.2 Å². The normalized spacial score (nSPS) is 11.4. The van der Waals surface area contributed by atoms with Crippen molar-refractivity contribution >= 4 is 10.0 Å². The van der Waals surface area contributed by atoms with Gasteiger partial charge >= 0.3 is 0 Å². The Morgan fingerprint density at radius 2 is 1.74 bits per heavy atom. The highest BCUT2D eigenvalue weighted by Crippen LogP contribution is 2.25. The van der Waals surface area contributed by atoms with Crippen LogP contribution in [-0.2, 0) is 16.4 Å². The van der Waals surface area contributed by atoms with E-state index in [0.29, 0.717) is 30.0 Å². The molecule has 0 atom stereocenters. The van der Waals surface area contributed by atoms with E-state index in [9.17, 15) is 8.42 Å². The summed E-state index contributed by atoms with van der Waals surface area (Å²) in [5, 5.41) is 0. The van der Waals surface area contributed by atoms with Crippen LogP contribution in [0.15, 0.2) is 47.4 Å². The van der Waals surface area contributed by atoms with Gasteiger partial charge in [-0.05, 0) is 56.0 Å². The zero-order valence-electron chi connectivity index (χ0n) is 13.8. The molecule has 0 saturated carbocycles. The van der Waals surface area contributed by atoms with E-state index in [1.165, 1.54) is 0 Å². The van der Waals surface area contributed by atoms with Crippen LogP contribution in [-0.4, -0.2) is 21.6 Å². The molecule has 0 amide bonds. The summed E-state index contributed by atoms with van der Waals surface area (Å²) in [5.41, 5.74) is 2.61. The van der Waals surface area contributed by atoms with Gasteiger partial charge in [0.15, 0.2) is 0 Å². The van der Waals surface area contributed by atoms with Gasteiger partial charge < -0.3 is 4.74 Å². The zero-order chi connectivity index (χ0) is 16.9. The summed E-state index contributed by atoms with van der Waals surface area (Å²) in [6.07, 6.45) is 0.662. The molecule has 2 aromatic rings. The van der Waals surface area contributed by atoms with Gasteiger partial charge in [-0.1, -0.05) is 30.3 Å². The minimum atomic E-state index is -3.52. The van der Waals surface area contributed by atoms with Crippen LogP contribution in [0.1, 0.15) is 23.6 Å². The van der Waals surface area contributed by atoms with Crippen LogP contribution in [0.3, 0.4) is 0 Å². The molecule has 0 aliphatic rings. The van der Waals surface area contributed by atoms with Crippen LogP contribution in [0.5, 0.6) is 5.75 Å². The second kappa shape index (κ2) is 7.62. The number of benzene rings is 2. The number of nitrogens with one attached hydrogen (secondary N) is 1. The summed E-state index contributed by atoms with van der Waals surface area (Å²) in [6, 6.07) is 13.3. The maximum absolute atomic E-state index is 12.5. The molecule has 0 aliphatic carbocycles. The Morgan fingerprint density at radius 3 is 2.39 bits per heavy atom. The van der Waals surface area contributed by atoms with Gasteiger partial charge in [-0.3, -0.25) is 0 Å². The van der Waals surface area contributed by atoms with Crippen LogP contribution in [0, 0.1) is 13.8 Å². The smallest absolute Gasteiger partial charge is 0.240 e. The van der Waals surface area contributed by atoms with Gasteiger partial charge in [0.05, 0.1) is 11.5 Å². The van der Waals surface area contributed by atoms with E-state index in [4.69, 9.17) is 4.74 Å². The first-order chi connectivity index (χ1) is 10.9. The fraction of sp³-hybridized carbons (Fsp3) is 0.333. The molecule has 0 unspecified atom stereocenters. The van der Waals surface area contributed by atoms with Crippen molar-refractivity contribution in [2.45, 2.75) is 32.1 Å². The highest BCUT2D eigenvalue weighted by atomic mass is 32.2. The summed E-state index contributed by atoms with van der Waals surface area (Å²) < 4.78 is 33.2. The Labute approximate surface area is 138 Å². The molecule has 5 heteroatoms. The minimum absolute atomic E-state index is 0.312. The molecule has 0 heterocycles. The maximum Gasteiger partial charge on any atom is 0.240 e. The Bertz CT molecular complexity index is 755. The van der Waals surface area contributed by atoms with Crippen molar-refractivity contribution in [1.82, 2.24) is 4.72 Å². The number of hydrogen-bond acceptors (Lipinski definition) is 3. The van der Waals surface area contributed by atoms with Crippen molar-refractivity contribution in [2.75, 3.05) is 13.2 Å². The number of ether oxygens (including phenoxy) is 1. The molecule has 23 heavy (non-hydrogen) atoms. The van der Waals surface area contributed by atoms with Crippen LogP contribution in [0.2, 0.25) is 0 Å². The molecule has 4 nitrogen and oxygen atoms in total. The second-order valence-corrected chi connectivity index (χ2v) is 7.18. The molecule has 0 radical (unpaired) electrons. The molecule has 0 saturated heterocycles. The highest BCUT2D eigenvalue weighted by molar-refractivity contribution is 7.89.